The molecular formula is C13H11N3O2. The van der Waals surface area contributed by atoms with Gasteiger partial charge in [0, 0.05) is 11.9 Å². The molecule has 3 heterocycles. The number of imidazole rings is 1. The molecule has 0 atom stereocenters. The molecule has 0 aliphatic rings. The number of H-pyrrole nitrogens is 1. The first-order chi connectivity index (χ1) is 8.66. The summed E-state index contributed by atoms with van der Waals surface area (Å²) in [5, 5.41) is 9.05. The molecule has 0 amide bonds. The zero-order valence-electron chi connectivity index (χ0n) is 9.71. The van der Waals surface area contributed by atoms with Gasteiger partial charge in [0.15, 0.2) is 0 Å². The maximum absolute atomic E-state index is 11.0. The van der Waals surface area contributed by atoms with Crippen molar-refractivity contribution < 1.29 is 9.90 Å². The molecule has 0 aliphatic carbocycles. The average molecular weight is 241 g/mol. The monoisotopic (exact) mass is 241 g/mol. The topological polar surface area (TPSA) is 70.4 Å². The predicted molar refractivity (Wildman–Crippen MR) is 66.7 cm³/mol. The molecule has 0 fully saturated rings. The highest BCUT2D eigenvalue weighted by Gasteiger charge is 2.14. The van der Waals surface area contributed by atoms with Crippen molar-refractivity contribution in [2.75, 3.05) is 0 Å². The Labute approximate surface area is 103 Å². The Bertz CT molecular complexity index is 740. The number of pyridine rings is 1. The van der Waals surface area contributed by atoms with E-state index in [1.807, 2.05) is 28.8 Å². The van der Waals surface area contributed by atoms with Crippen molar-refractivity contribution in [1.82, 2.24) is 14.4 Å². The molecule has 3 rings (SSSR count). The van der Waals surface area contributed by atoms with Crippen LogP contribution in [-0.4, -0.2) is 25.4 Å². The standard InChI is InChI=1S/C13H11N3O2/c1-8-9(13(17)18)6-10(15-8)11-7-14-12-4-2-3-5-16(11)12/h2-7,15H,1H3,(H,17,18). The summed E-state index contributed by atoms with van der Waals surface area (Å²) in [6.07, 6.45) is 3.63. The second kappa shape index (κ2) is 3.73. The fraction of sp³-hybridized carbons (Fsp3) is 0.0769. The van der Waals surface area contributed by atoms with E-state index in [1.54, 1.807) is 19.2 Å². The molecule has 0 unspecified atom stereocenters. The lowest BCUT2D eigenvalue weighted by Gasteiger charge is -1.97. The van der Waals surface area contributed by atoms with Crippen LogP contribution in [-0.2, 0) is 0 Å². The van der Waals surface area contributed by atoms with Crippen LogP contribution < -0.4 is 0 Å². The molecule has 3 aromatic rings. The second-order valence-electron chi connectivity index (χ2n) is 4.10. The number of hydrogen-bond donors (Lipinski definition) is 2. The van der Waals surface area contributed by atoms with Crippen molar-refractivity contribution in [2.45, 2.75) is 6.92 Å². The molecule has 0 bridgehead atoms. The minimum atomic E-state index is -0.927. The molecule has 0 aliphatic heterocycles. The lowest BCUT2D eigenvalue weighted by molar-refractivity contribution is 0.0696. The highest BCUT2D eigenvalue weighted by molar-refractivity contribution is 5.90. The summed E-state index contributed by atoms with van der Waals surface area (Å²) in [7, 11) is 0. The summed E-state index contributed by atoms with van der Waals surface area (Å²) in [5.74, 6) is -0.927. The SMILES string of the molecule is Cc1[nH]c(-c2cnc3ccccn23)cc1C(=O)O. The molecule has 0 spiro atoms. The Kier molecular flexibility index (Phi) is 2.19. The van der Waals surface area contributed by atoms with Gasteiger partial charge in [-0.05, 0) is 25.1 Å². The average Bonchev–Trinajstić information content (AvgIpc) is 2.92. The van der Waals surface area contributed by atoms with Gasteiger partial charge in [-0.3, -0.25) is 4.40 Å². The van der Waals surface area contributed by atoms with Crippen LogP contribution in [0.15, 0.2) is 36.7 Å². The molecular weight excluding hydrogens is 230 g/mol. The van der Waals surface area contributed by atoms with Gasteiger partial charge in [0.1, 0.15) is 5.65 Å². The molecule has 0 aromatic carbocycles. The van der Waals surface area contributed by atoms with E-state index in [0.717, 1.165) is 17.0 Å². The number of fused-ring (bicyclic) bond motifs is 1. The number of nitrogens with one attached hydrogen (secondary N) is 1. The third kappa shape index (κ3) is 1.48. The van der Waals surface area contributed by atoms with Crippen molar-refractivity contribution in [3.05, 3.63) is 47.9 Å². The number of carboxylic acids is 1. The van der Waals surface area contributed by atoms with Crippen molar-refractivity contribution in [1.29, 1.82) is 0 Å². The van der Waals surface area contributed by atoms with E-state index in [1.165, 1.54) is 0 Å². The van der Waals surface area contributed by atoms with E-state index in [9.17, 15) is 4.79 Å². The maximum atomic E-state index is 11.0. The summed E-state index contributed by atoms with van der Waals surface area (Å²) < 4.78 is 1.91. The van der Waals surface area contributed by atoms with Gasteiger partial charge in [-0.2, -0.15) is 0 Å². The Morgan fingerprint density at radius 2 is 2.28 bits per heavy atom. The highest BCUT2D eigenvalue weighted by atomic mass is 16.4. The molecule has 0 radical (unpaired) electrons. The molecule has 18 heavy (non-hydrogen) atoms. The van der Waals surface area contributed by atoms with E-state index in [-0.39, 0.29) is 5.56 Å². The van der Waals surface area contributed by atoms with E-state index in [2.05, 4.69) is 9.97 Å². The summed E-state index contributed by atoms with van der Waals surface area (Å²) in [6, 6.07) is 7.35. The Morgan fingerprint density at radius 1 is 1.44 bits per heavy atom. The van der Waals surface area contributed by atoms with E-state index in [0.29, 0.717) is 5.69 Å². The van der Waals surface area contributed by atoms with Crippen LogP contribution in [0.3, 0.4) is 0 Å². The van der Waals surface area contributed by atoms with Crippen LogP contribution in [0, 0.1) is 6.92 Å². The summed E-state index contributed by atoms with van der Waals surface area (Å²) >= 11 is 0. The molecule has 0 saturated heterocycles. The number of hydrogen-bond acceptors (Lipinski definition) is 2. The molecule has 3 aromatic heterocycles. The van der Waals surface area contributed by atoms with E-state index in [4.69, 9.17) is 5.11 Å². The normalized spacial score (nSPS) is 10.9. The lowest BCUT2D eigenvalue weighted by atomic mass is 10.2. The summed E-state index contributed by atoms with van der Waals surface area (Å²) in [4.78, 5) is 18.4. The number of rotatable bonds is 2. The first kappa shape index (κ1) is 10.6. The largest absolute Gasteiger partial charge is 0.478 e. The smallest absolute Gasteiger partial charge is 0.337 e. The van der Waals surface area contributed by atoms with Crippen LogP contribution in [0.4, 0.5) is 0 Å². The zero-order chi connectivity index (χ0) is 12.7. The molecule has 90 valence electrons. The number of aromatic carboxylic acids is 1. The first-order valence-electron chi connectivity index (χ1n) is 5.52. The summed E-state index contributed by atoms with van der Waals surface area (Å²) in [6.45, 7) is 1.75. The highest BCUT2D eigenvalue weighted by Crippen LogP contribution is 2.22. The quantitative estimate of drug-likeness (QED) is 0.723. The third-order valence-corrected chi connectivity index (χ3v) is 2.94. The number of nitrogens with zero attached hydrogens (tertiary/aromatic N) is 2. The van der Waals surface area contributed by atoms with Gasteiger partial charge in [-0.25, -0.2) is 9.78 Å². The van der Waals surface area contributed by atoms with Crippen molar-refractivity contribution in [2.24, 2.45) is 0 Å². The first-order valence-corrected chi connectivity index (χ1v) is 5.52. The molecule has 5 nitrogen and oxygen atoms in total. The minimum absolute atomic E-state index is 0.288. The fourth-order valence-electron chi connectivity index (χ4n) is 2.05. The molecule has 5 heteroatoms. The Hall–Kier alpha value is -2.56. The van der Waals surface area contributed by atoms with Gasteiger partial charge in [0.05, 0.1) is 23.1 Å². The van der Waals surface area contributed by atoms with Crippen molar-refractivity contribution in [3.63, 3.8) is 0 Å². The van der Waals surface area contributed by atoms with Crippen molar-refractivity contribution >= 4 is 11.6 Å². The number of carboxylic acid groups (broad SMARTS) is 1. The van der Waals surface area contributed by atoms with Crippen LogP contribution in [0.1, 0.15) is 16.1 Å². The zero-order valence-corrected chi connectivity index (χ0v) is 9.71. The third-order valence-electron chi connectivity index (χ3n) is 2.94. The maximum Gasteiger partial charge on any atom is 0.337 e. The fourth-order valence-corrected chi connectivity index (χ4v) is 2.05. The van der Waals surface area contributed by atoms with Crippen LogP contribution in [0.25, 0.3) is 17.0 Å². The number of aromatic nitrogens is 3. The van der Waals surface area contributed by atoms with Gasteiger partial charge in [-0.15, -0.1) is 0 Å². The van der Waals surface area contributed by atoms with Gasteiger partial charge < -0.3 is 10.1 Å². The molecule has 2 N–H and O–H groups in total. The number of aromatic amines is 1. The Morgan fingerprint density at radius 3 is 3.00 bits per heavy atom. The van der Waals surface area contributed by atoms with Gasteiger partial charge in [0.25, 0.3) is 0 Å². The predicted octanol–water partition coefficient (Wildman–Crippen LogP) is 2.34. The van der Waals surface area contributed by atoms with Gasteiger partial charge in [0.2, 0.25) is 0 Å². The van der Waals surface area contributed by atoms with Crippen LogP contribution >= 0.6 is 0 Å². The van der Waals surface area contributed by atoms with Crippen LogP contribution in [0.2, 0.25) is 0 Å². The second-order valence-corrected chi connectivity index (χ2v) is 4.10. The van der Waals surface area contributed by atoms with E-state index < -0.39 is 5.97 Å². The minimum Gasteiger partial charge on any atom is -0.478 e. The van der Waals surface area contributed by atoms with Gasteiger partial charge in [-0.1, -0.05) is 6.07 Å². The lowest BCUT2D eigenvalue weighted by Crippen LogP contribution is -1.95. The van der Waals surface area contributed by atoms with Crippen LogP contribution in [0.5, 0.6) is 0 Å². The molecule has 0 saturated carbocycles. The number of carbonyl (C=O) groups is 1. The number of aryl methyl sites for hydroxylation is 1. The van der Waals surface area contributed by atoms with E-state index >= 15 is 0 Å². The Balaban J connectivity index is 2.20. The summed E-state index contributed by atoms with van der Waals surface area (Å²) in [5.41, 5.74) is 3.36. The van der Waals surface area contributed by atoms with Crippen molar-refractivity contribution in [3.8, 4) is 11.4 Å². The van der Waals surface area contributed by atoms with Gasteiger partial charge >= 0.3 is 5.97 Å².